The van der Waals surface area contributed by atoms with Crippen LogP contribution in [0.3, 0.4) is 0 Å². The maximum Gasteiger partial charge on any atom is 0.419 e. The van der Waals surface area contributed by atoms with Gasteiger partial charge in [-0.25, -0.2) is 0 Å². The predicted molar refractivity (Wildman–Crippen MR) is 78.6 cm³/mol. The summed E-state index contributed by atoms with van der Waals surface area (Å²) in [6.45, 7) is 1.08. The van der Waals surface area contributed by atoms with E-state index in [0.717, 1.165) is 6.07 Å². The van der Waals surface area contributed by atoms with Crippen molar-refractivity contribution in [3.05, 3.63) is 68.2 Å². The number of nitro groups is 1. The number of hydrogen-bond acceptors (Lipinski definition) is 3. The fourth-order valence-electron chi connectivity index (χ4n) is 2.00. The van der Waals surface area contributed by atoms with Crippen LogP contribution in [-0.4, -0.2) is 4.92 Å². The number of nitrogens with zero attached hydrogens (tertiary/aromatic N) is 1. The molecule has 23 heavy (non-hydrogen) atoms. The Morgan fingerprint density at radius 2 is 1.96 bits per heavy atom. The van der Waals surface area contributed by atoms with Crippen LogP contribution < -0.4 is 4.74 Å². The maximum absolute atomic E-state index is 13.0. The lowest BCUT2D eigenvalue weighted by Gasteiger charge is -2.15. The molecular formula is C15H11ClF3NO3. The van der Waals surface area contributed by atoms with Gasteiger partial charge in [0.15, 0.2) is 0 Å². The summed E-state index contributed by atoms with van der Waals surface area (Å²) in [6, 6.07) is 7.61. The number of aryl methyl sites for hydroxylation is 1. The lowest BCUT2D eigenvalue weighted by atomic mass is 10.1. The Morgan fingerprint density at radius 3 is 2.57 bits per heavy atom. The van der Waals surface area contributed by atoms with Crippen LogP contribution in [-0.2, 0) is 12.8 Å². The molecule has 0 aromatic heterocycles. The maximum atomic E-state index is 13.0. The number of halogens is 4. The molecule has 0 aliphatic heterocycles. The van der Waals surface area contributed by atoms with Crippen molar-refractivity contribution in [1.29, 1.82) is 0 Å². The van der Waals surface area contributed by atoms with Crippen molar-refractivity contribution < 1.29 is 22.8 Å². The molecule has 0 amide bonds. The highest BCUT2D eigenvalue weighted by atomic mass is 35.5. The molecular weight excluding hydrogens is 335 g/mol. The second-order valence-electron chi connectivity index (χ2n) is 4.78. The van der Waals surface area contributed by atoms with Crippen molar-refractivity contribution in [2.45, 2.75) is 19.7 Å². The zero-order valence-electron chi connectivity index (χ0n) is 11.9. The van der Waals surface area contributed by atoms with Crippen molar-refractivity contribution >= 4 is 17.3 Å². The molecule has 4 nitrogen and oxygen atoms in total. The molecule has 0 aliphatic rings. The minimum Gasteiger partial charge on any atom is -0.488 e. The largest absolute Gasteiger partial charge is 0.488 e. The number of ether oxygens (including phenoxy) is 1. The van der Waals surface area contributed by atoms with Gasteiger partial charge in [0.2, 0.25) is 0 Å². The van der Waals surface area contributed by atoms with Crippen molar-refractivity contribution in [1.82, 2.24) is 0 Å². The molecule has 0 unspecified atom stereocenters. The van der Waals surface area contributed by atoms with Gasteiger partial charge in [0.25, 0.3) is 5.69 Å². The number of hydrogen-bond donors (Lipinski definition) is 0. The van der Waals surface area contributed by atoms with E-state index in [-0.39, 0.29) is 16.3 Å². The van der Waals surface area contributed by atoms with E-state index in [1.54, 1.807) is 0 Å². The Hall–Kier alpha value is -2.28. The van der Waals surface area contributed by atoms with Gasteiger partial charge in [-0.05, 0) is 25.1 Å². The van der Waals surface area contributed by atoms with E-state index in [1.807, 2.05) is 0 Å². The molecule has 0 fully saturated rings. The predicted octanol–water partition coefficient (Wildman–Crippen LogP) is 5.15. The average Bonchev–Trinajstić information content (AvgIpc) is 2.45. The molecule has 8 heteroatoms. The lowest BCUT2D eigenvalue weighted by Crippen LogP contribution is -2.10. The van der Waals surface area contributed by atoms with Gasteiger partial charge in [0.1, 0.15) is 12.4 Å². The van der Waals surface area contributed by atoms with Crippen LogP contribution in [0.2, 0.25) is 5.02 Å². The summed E-state index contributed by atoms with van der Waals surface area (Å²) in [5.41, 5.74) is -0.799. The monoisotopic (exact) mass is 345 g/mol. The van der Waals surface area contributed by atoms with Crippen molar-refractivity contribution in [2.75, 3.05) is 0 Å². The Balaban J connectivity index is 2.35. The first-order valence-electron chi connectivity index (χ1n) is 6.42. The first-order chi connectivity index (χ1) is 10.7. The van der Waals surface area contributed by atoms with Gasteiger partial charge in [0, 0.05) is 6.07 Å². The molecule has 0 heterocycles. The average molecular weight is 346 g/mol. The number of benzene rings is 2. The quantitative estimate of drug-likeness (QED) is 0.568. The van der Waals surface area contributed by atoms with Crippen molar-refractivity contribution in [2.24, 2.45) is 0 Å². The third-order valence-corrected chi connectivity index (χ3v) is 3.46. The molecule has 2 aromatic carbocycles. The molecule has 0 aliphatic carbocycles. The van der Waals surface area contributed by atoms with E-state index in [2.05, 4.69) is 0 Å². The molecule has 2 aromatic rings. The summed E-state index contributed by atoms with van der Waals surface area (Å²) >= 11 is 5.89. The molecule has 0 saturated carbocycles. The van der Waals surface area contributed by atoms with Gasteiger partial charge < -0.3 is 4.74 Å². The summed E-state index contributed by atoms with van der Waals surface area (Å²) in [6.07, 6.45) is -4.59. The van der Waals surface area contributed by atoms with Crippen molar-refractivity contribution in [3.8, 4) is 5.75 Å². The van der Waals surface area contributed by atoms with Crippen LogP contribution in [0.25, 0.3) is 0 Å². The van der Waals surface area contributed by atoms with Crippen LogP contribution in [0.4, 0.5) is 18.9 Å². The second kappa shape index (κ2) is 6.45. The number of rotatable bonds is 4. The summed E-state index contributed by atoms with van der Waals surface area (Å²) in [7, 11) is 0. The Morgan fingerprint density at radius 1 is 1.26 bits per heavy atom. The van der Waals surface area contributed by atoms with Gasteiger partial charge >= 0.3 is 6.18 Å². The van der Waals surface area contributed by atoms with E-state index in [9.17, 15) is 23.3 Å². The highest BCUT2D eigenvalue weighted by Gasteiger charge is 2.34. The molecule has 2 rings (SSSR count). The number of nitro benzene ring substituents is 1. The van der Waals surface area contributed by atoms with E-state index >= 15 is 0 Å². The minimum atomic E-state index is -4.59. The zero-order chi connectivity index (χ0) is 17.2. The minimum absolute atomic E-state index is 0.0212. The van der Waals surface area contributed by atoms with Crippen LogP contribution in [0.1, 0.15) is 16.7 Å². The highest BCUT2D eigenvalue weighted by molar-refractivity contribution is 6.31. The Kier molecular flexibility index (Phi) is 4.79. The third kappa shape index (κ3) is 3.92. The fraction of sp³-hybridized carbons (Fsp3) is 0.200. The summed E-state index contributed by atoms with van der Waals surface area (Å²) in [4.78, 5) is 10.3. The van der Waals surface area contributed by atoms with E-state index in [0.29, 0.717) is 5.56 Å². The van der Waals surface area contributed by atoms with Gasteiger partial charge in [-0.2, -0.15) is 13.2 Å². The Bertz CT molecular complexity index is 747. The van der Waals surface area contributed by atoms with Gasteiger partial charge in [0.05, 0.1) is 21.1 Å². The lowest BCUT2D eigenvalue weighted by molar-refractivity contribution is -0.385. The first-order valence-corrected chi connectivity index (χ1v) is 6.80. The van der Waals surface area contributed by atoms with Gasteiger partial charge in [-0.15, -0.1) is 0 Å². The fourth-order valence-corrected chi connectivity index (χ4v) is 2.23. The van der Waals surface area contributed by atoms with Crippen LogP contribution in [0, 0.1) is 17.0 Å². The molecule has 0 spiro atoms. The van der Waals surface area contributed by atoms with E-state index < -0.39 is 29.0 Å². The van der Waals surface area contributed by atoms with E-state index in [1.165, 1.54) is 37.3 Å². The van der Waals surface area contributed by atoms with Gasteiger partial charge in [-0.3, -0.25) is 10.1 Å². The van der Waals surface area contributed by atoms with E-state index in [4.69, 9.17) is 16.3 Å². The topological polar surface area (TPSA) is 52.4 Å². The second-order valence-corrected chi connectivity index (χ2v) is 5.19. The molecule has 0 N–H and O–H groups in total. The zero-order valence-corrected chi connectivity index (χ0v) is 12.6. The standard InChI is InChI=1S/C15H11ClF3NO3/c1-9-5-6-14(11(7-9)15(17,18)19)23-8-10-12(16)3-2-4-13(10)20(21)22/h2-7H,8H2,1H3. The summed E-state index contributed by atoms with van der Waals surface area (Å²) in [5, 5.41) is 11.0. The SMILES string of the molecule is Cc1ccc(OCc2c(Cl)cccc2[N+](=O)[O-])c(C(F)(F)F)c1. The van der Waals surface area contributed by atoms with Crippen LogP contribution in [0.15, 0.2) is 36.4 Å². The Labute approximate surface area is 134 Å². The summed E-state index contributed by atoms with van der Waals surface area (Å²) < 4.78 is 44.2. The molecule has 122 valence electrons. The first kappa shape index (κ1) is 17.1. The highest BCUT2D eigenvalue weighted by Crippen LogP contribution is 2.37. The third-order valence-electron chi connectivity index (χ3n) is 3.10. The normalized spacial score (nSPS) is 11.3. The van der Waals surface area contributed by atoms with Crippen LogP contribution in [0.5, 0.6) is 5.75 Å². The van der Waals surface area contributed by atoms with Crippen LogP contribution >= 0.6 is 11.6 Å². The smallest absolute Gasteiger partial charge is 0.419 e. The summed E-state index contributed by atoms with van der Waals surface area (Å²) in [5.74, 6) is -0.405. The molecule has 0 radical (unpaired) electrons. The molecule has 0 saturated heterocycles. The molecule has 0 atom stereocenters. The molecule has 0 bridgehead atoms. The number of alkyl halides is 3. The van der Waals surface area contributed by atoms with Crippen molar-refractivity contribution in [3.63, 3.8) is 0 Å². The van der Waals surface area contributed by atoms with Gasteiger partial charge in [-0.1, -0.05) is 29.3 Å².